The fourth-order valence-electron chi connectivity index (χ4n) is 2.75. The molecule has 1 aliphatic heterocycles. The van der Waals surface area contributed by atoms with Crippen molar-refractivity contribution in [3.8, 4) is 5.75 Å². The van der Waals surface area contributed by atoms with Gasteiger partial charge in [0.1, 0.15) is 11.6 Å². The SMILES string of the molecule is O=C(N[C@]1(C(F)(F)F)NC(=O)N(c2ccc(OC(F)(F)F)cc2)C1=O)c1ccc(F)cc1. The zero-order chi connectivity index (χ0) is 23.9. The fourth-order valence-corrected chi connectivity index (χ4v) is 2.75. The quantitative estimate of drug-likeness (QED) is 0.535. The molecule has 0 radical (unpaired) electrons. The zero-order valence-electron chi connectivity index (χ0n) is 15.3. The summed E-state index contributed by atoms with van der Waals surface area (Å²) in [5.41, 5.74) is -4.84. The Hall–Kier alpha value is -3.84. The van der Waals surface area contributed by atoms with Crippen molar-refractivity contribution in [2.45, 2.75) is 18.2 Å². The zero-order valence-corrected chi connectivity index (χ0v) is 15.3. The van der Waals surface area contributed by atoms with E-state index in [9.17, 15) is 45.1 Å². The van der Waals surface area contributed by atoms with Gasteiger partial charge in [0.05, 0.1) is 5.69 Å². The molecule has 2 aromatic carbocycles. The van der Waals surface area contributed by atoms with Crippen LogP contribution in [0.2, 0.25) is 0 Å². The van der Waals surface area contributed by atoms with Gasteiger partial charge in [-0.05, 0) is 48.5 Å². The lowest BCUT2D eigenvalue weighted by Gasteiger charge is -2.29. The summed E-state index contributed by atoms with van der Waals surface area (Å²) in [7, 11) is 0. The van der Waals surface area contributed by atoms with Crippen LogP contribution >= 0.6 is 0 Å². The van der Waals surface area contributed by atoms with E-state index in [1.54, 1.807) is 0 Å². The highest BCUT2D eigenvalue weighted by Crippen LogP contribution is 2.36. The van der Waals surface area contributed by atoms with Gasteiger partial charge in [0.2, 0.25) is 0 Å². The van der Waals surface area contributed by atoms with Gasteiger partial charge in [-0.2, -0.15) is 13.2 Å². The van der Waals surface area contributed by atoms with E-state index < -0.39 is 58.9 Å². The number of ether oxygens (including phenoxy) is 1. The van der Waals surface area contributed by atoms with Gasteiger partial charge in [0, 0.05) is 5.56 Å². The van der Waals surface area contributed by atoms with Crippen molar-refractivity contribution < 1.29 is 49.9 Å². The van der Waals surface area contributed by atoms with Gasteiger partial charge in [-0.15, -0.1) is 13.2 Å². The van der Waals surface area contributed by atoms with E-state index in [-0.39, 0.29) is 4.90 Å². The molecule has 0 aliphatic carbocycles. The van der Waals surface area contributed by atoms with Crippen LogP contribution < -0.4 is 20.3 Å². The number of anilines is 1. The van der Waals surface area contributed by atoms with Gasteiger partial charge in [-0.3, -0.25) is 14.9 Å². The van der Waals surface area contributed by atoms with Gasteiger partial charge in [0.15, 0.2) is 0 Å². The monoisotopic (exact) mass is 465 g/mol. The Labute approximate surface area is 173 Å². The van der Waals surface area contributed by atoms with Gasteiger partial charge in [-0.25, -0.2) is 14.1 Å². The maximum atomic E-state index is 13.8. The average Bonchev–Trinajstić information content (AvgIpc) is 2.92. The Morgan fingerprint density at radius 2 is 1.50 bits per heavy atom. The second kappa shape index (κ2) is 7.69. The Balaban J connectivity index is 1.92. The number of hydrogen-bond donors (Lipinski definition) is 2. The first kappa shape index (κ1) is 22.8. The van der Waals surface area contributed by atoms with Crippen LogP contribution in [0.15, 0.2) is 48.5 Å². The minimum absolute atomic E-state index is 0.00417. The molecule has 7 nitrogen and oxygen atoms in total. The molecule has 0 spiro atoms. The Bertz CT molecular complexity index is 1050. The van der Waals surface area contributed by atoms with E-state index in [1.165, 1.54) is 10.6 Å². The molecule has 170 valence electrons. The maximum Gasteiger partial charge on any atom is 0.573 e. The second-order valence-electron chi connectivity index (χ2n) is 6.32. The summed E-state index contributed by atoms with van der Waals surface area (Å²) in [6.07, 6.45) is -10.6. The van der Waals surface area contributed by atoms with Crippen molar-refractivity contribution >= 4 is 23.5 Å². The number of nitrogens with zero attached hydrogens (tertiary/aromatic N) is 1. The molecule has 2 N–H and O–H groups in total. The molecule has 1 aliphatic rings. The Morgan fingerprint density at radius 1 is 0.938 bits per heavy atom. The third kappa shape index (κ3) is 4.29. The van der Waals surface area contributed by atoms with E-state index in [0.717, 1.165) is 36.4 Å². The molecule has 14 heteroatoms. The van der Waals surface area contributed by atoms with Crippen molar-refractivity contribution in [1.82, 2.24) is 10.6 Å². The first-order valence-electron chi connectivity index (χ1n) is 8.41. The summed E-state index contributed by atoms with van der Waals surface area (Å²) in [4.78, 5) is 37.1. The van der Waals surface area contributed by atoms with Crippen LogP contribution in [0.1, 0.15) is 10.4 Å². The van der Waals surface area contributed by atoms with E-state index >= 15 is 0 Å². The van der Waals surface area contributed by atoms with Gasteiger partial charge in [-0.1, -0.05) is 0 Å². The molecule has 1 fully saturated rings. The molecule has 1 heterocycles. The van der Waals surface area contributed by atoms with Crippen LogP contribution in [-0.2, 0) is 4.79 Å². The molecule has 2 aromatic rings. The van der Waals surface area contributed by atoms with E-state index in [0.29, 0.717) is 12.1 Å². The normalized spacial score (nSPS) is 19.0. The lowest BCUT2D eigenvalue weighted by molar-refractivity contribution is -0.274. The molecule has 0 bridgehead atoms. The molecule has 32 heavy (non-hydrogen) atoms. The van der Waals surface area contributed by atoms with Crippen LogP contribution in [0.5, 0.6) is 5.75 Å². The third-order valence-electron chi connectivity index (χ3n) is 4.18. The van der Waals surface area contributed by atoms with Gasteiger partial charge < -0.3 is 10.1 Å². The summed E-state index contributed by atoms with van der Waals surface area (Å²) >= 11 is 0. The van der Waals surface area contributed by atoms with Crippen molar-refractivity contribution in [1.29, 1.82) is 0 Å². The molecule has 1 atom stereocenters. The lowest BCUT2D eigenvalue weighted by atomic mass is 10.1. The average molecular weight is 465 g/mol. The van der Waals surface area contributed by atoms with Gasteiger partial charge in [0.25, 0.3) is 17.5 Å². The number of carbonyl (C=O) groups excluding carboxylic acids is 3. The summed E-state index contributed by atoms with van der Waals surface area (Å²) in [6, 6.07) is 4.53. The number of alkyl halides is 6. The second-order valence-corrected chi connectivity index (χ2v) is 6.32. The molecule has 0 saturated carbocycles. The van der Waals surface area contributed by atoms with Crippen molar-refractivity contribution in [3.05, 3.63) is 59.9 Å². The van der Waals surface area contributed by atoms with Crippen LogP contribution in [0.25, 0.3) is 0 Å². The van der Waals surface area contributed by atoms with Crippen LogP contribution in [0.3, 0.4) is 0 Å². The molecular weight excluding hydrogens is 455 g/mol. The maximum absolute atomic E-state index is 13.8. The van der Waals surface area contributed by atoms with Crippen molar-refractivity contribution in [3.63, 3.8) is 0 Å². The fraction of sp³-hybridized carbons (Fsp3) is 0.167. The number of carbonyl (C=O) groups is 3. The number of amides is 4. The Kier molecular flexibility index (Phi) is 5.49. The standard InChI is InChI=1S/C18H10F7N3O4/c19-10-3-1-9(2-4-10)13(29)26-16(17(20,21)22)14(30)28(15(31)27-16)11-5-7-12(8-6-11)32-18(23,24)25/h1-8H,(H,26,29)(H,27,31)/t16-/m0/s1. The van der Waals surface area contributed by atoms with Crippen LogP contribution in [0, 0.1) is 5.82 Å². The number of nitrogens with one attached hydrogen (secondary N) is 2. The van der Waals surface area contributed by atoms with E-state index in [1.807, 2.05) is 0 Å². The predicted molar refractivity (Wildman–Crippen MR) is 91.8 cm³/mol. The minimum atomic E-state index is -5.52. The smallest absolute Gasteiger partial charge is 0.406 e. The lowest BCUT2D eigenvalue weighted by Crippen LogP contribution is -2.69. The summed E-state index contributed by atoms with van der Waals surface area (Å²) < 4.78 is 94.9. The number of hydrogen-bond acceptors (Lipinski definition) is 4. The molecular formula is C18H10F7N3O4. The first-order valence-corrected chi connectivity index (χ1v) is 8.41. The molecule has 0 aromatic heterocycles. The topological polar surface area (TPSA) is 87.7 Å². The number of benzene rings is 2. The summed E-state index contributed by atoms with van der Waals surface area (Å²) in [5.74, 6) is -4.94. The number of rotatable bonds is 4. The summed E-state index contributed by atoms with van der Waals surface area (Å²) in [5, 5.41) is 2.77. The van der Waals surface area contributed by atoms with E-state index in [4.69, 9.17) is 0 Å². The summed E-state index contributed by atoms with van der Waals surface area (Å²) in [6.45, 7) is 0. The number of imide groups is 1. The highest BCUT2D eigenvalue weighted by atomic mass is 19.4. The van der Waals surface area contributed by atoms with Crippen molar-refractivity contribution in [2.24, 2.45) is 0 Å². The predicted octanol–water partition coefficient (Wildman–Crippen LogP) is 3.47. The molecule has 0 unspecified atom stereocenters. The molecule has 4 amide bonds. The molecule has 3 rings (SSSR count). The highest BCUT2D eigenvalue weighted by Gasteiger charge is 2.69. The number of urea groups is 1. The largest absolute Gasteiger partial charge is 0.573 e. The van der Waals surface area contributed by atoms with Crippen molar-refractivity contribution in [2.75, 3.05) is 4.90 Å². The molecule has 1 saturated heterocycles. The number of halogens is 7. The van der Waals surface area contributed by atoms with Gasteiger partial charge >= 0.3 is 18.6 Å². The van der Waals surface area contributed by atoms with E-state index in [2.05, 4.69) is 4.74 Å². The first-order chi connectivity index (χ1) is 14.7. The van der Waals surface area contributed by atoms with Crippen LogP contribution in [0.4, 0.5) is 41.2 Å². The minimum Gasteiger partial charge on any atom is -0.406 e. The van der Waals surface area contributed by atoms with Crippen LogP contribution in [-0.4, -0.2) is 36.0 Å². The third-order valence-corrected chi connectivity index (χ3v) is 4.18. The Morgan fingerprint density at radius 3 is 2.00 bits per heavy atom. The highest BCUT2D eigenvalue weighted by molar-refractivity contribution is 6.24.